The number of hydrogen-bond donors (Lipinski definition) is 2. The van der Waals surface area contributed by atoms with Gasteiger partial charge in [0.25, 0.3) is 0 Å². The lowest BCUT2D eigenvalue weighted by atomic mass is 9.97. The first kappa shape index (κ1) is 9.06. The lowest BCUT2D eigenvalue weighted by molar-refractivity contribution is -0.137. The molecule has 3 nitrogen and oxygen atoms in total. The third-order valence-electron chi connectivity index (χ3n) is 2.79. The summed E-state index contributed by atoms with van der Waals surface area (Å²) in [6.07, 6.45) is 2.13. The fraction of sp³-hybridized carbons (Fsp3) is 0.364. The maximum absolute atomic E-state index is 10.6. The van der Waals surface area contributed by atoms with Crippen LogP contribution in [-0.2, 0) is 11.2 Å². The number of carbonyl (C=O) groups is 1. The normalized spacial score (nSPS) is 19.3. The molecule has 0 spiro atoms. The highest BCUT2D eigenvalue weighted by Crippen LogP contribution is 2.36. The van der Waals surface area contributed by atoms with E-state index in [4.69, 9.17) is 10.8 Å². The highest BCUT2D eigenvalue weighted by molar-refractivity contribution is 5.68. The molecular formula is C11H13NO2. The Morgan fingerprint density at radius 2 is 2.36 bits per heavy atom. The van der Waals surface area contributed by atoms with Gasteiger partial charge in [0.1, 0.15) is 0 Å². The van der Waals surface area contributed by atoms with Crippen LogP contribution >= 0.6 is 0 Å². The zero-order valence-electron chi connectivity index (χ0n) is 7.86. The van der Waals surface area contributed by atoms with Crippen molar-refractivity contribution in [3.05, 3.63) is 29.3 Å². The lowest BCUT2D eigenvalue weighted by Gasteiger charge is -2.08. The monoisotopic (exact) mass is 191 g/mol. The topological polar surface area (TPSA) is 63.3 Å². The lowest BCUT2D eigenvalue weighted by Crippen LogP contribution is -2.03. The van der Waals surface area contributed by atoms with Crippen LogP contribution < -0.4 is 5.73 Å². The Hall–Kier alpha value is -1.51. The summed E-state index contributed by atoms with van der Waals surface area (Å²) in [5, 5.41) is 8.74. The number of nitrogen functional groups attached to an aromatic ring is 1. The number of aryl methyl sites for hydroxylation is 1. The largest absolute Gasteiger partial charge is 0.481 e. The molecule has 0 aromatic heterocycles. The smallest absolute Gasteiger partial charge is 0.303 e. The van der Waals surface area contributed by atoms with Crippen LogP contribution in [0.5, 0.6) is 0 Å². The van der Waals surface area contributed by atoms with E-state index in [-0.39, 0.29) is 12.3 Å². The van der Waals surface area contributed by atoms with Crippen LogP contribution in [0.15, 0.2) is 18.2 Å². The Labute approximate surface area is 82.5 Å². The summed E-state index contributed by atoms with van der Waals surface area (Å²) in [5.74, 6) is -0.573. The van der Waals surface area contributed by atoms with E-state index in [9.17, 15) is 4.79 Å². The molecule has 0 saturated heterocycles. The first-order chi connectivity index (χ1) is 6.66. The highest BCUT2D eigenvalue weighted by Gasteiger charge is 2.24. The van der Waals surface area contributed by atoms with E-state index in [0.717, 1.165) is 24.1 Å². The molecule has 2 rings (SSSR count). The van der Waals surface area contributed by atoms with Crippen LogP contribution in [0, 0.1) is 0 Å². The van der Waals surface area contributed by atoms with Gasteiger partial charge in [0.2, 0.25) is 0 Å². The van der Waals surface area contributed by atoms with Gasteiger partial charge in [0, 0.05) is 5.69 Å². The van der Waals surface area contributed by atoms with Gasteiger partial charge in [-0.25, -0.2) is 0 Å². The Morgan fingerprint density at radius 1 is 1.57 bits per heavy atom. The summed E-state index contributed by atoms with van der Waals surface area (Å²) in [7, 11) is 0. The van der Waals surface area contributed by atoms with E-state index >= 15 is 0 Å². The van der Waals surface area contributed by atoms with Crippen LogP contribution in [-0.4, -0.2) is 11.1 Å². The molecule has 1 atom stereocenters. The number of anilines is 1. The number of hydrogen-bond acceptors (Lipinski definition) is 2. The molecule has 0 saturated carbocycles. The van der Waals surface area contributed by atoms with Gasteiger partial charge in [-0.15, -0.1) is 0 Å². The molecule has 0 radical (unpaired) electrons. The van der Waals surface area contributed by atoms with E-state index in [2.05, 4.69) is 0 Å². The first-order valence-corrected chi connectivity index (χ1v) is 4.77. The summed E-state index contributed by atoms with van der Waals surface area (Å²) in [6.45, 7) is 0. The molecule has 3 heteroatoms. The first-order valence-electron chi connectivity index (χ1n) is 4.77. The molecule has 14 heavy (non-hydrogen) atoms. The summed E-state index contributed by atoms with van der Waals surface area (Å²) in [5.41, 5.74) is 8.79. The van der Waals surface area contributed by atoms with Crippen LogP contribution in [0.2, 0.25) is 0 Å². The summed E-state index contributed by atoms with van der Waals surface area (Å²) in [6, 6.07) is 5.80. The van der Waals surface area contributed by atoms with Crippen molar-refractivity contribution in [2.24, 2.45) is 0 Å². The maximum Gasteiger partial charge on any atom is 0.303 e. The van der Waals surface area contributed by atoms with E-state index in [1.54, 1.807) is 0 Å². The van der Waals surface area contributed by atoms with E-state index in [1.165, 1.54) is 5.56 Å². The van der Waals surface area contributed by atoms with Crippen molar-refractivity contribution in [2.75, 3.05) is 5.73 Å². The van der Waals surface area contributed by atoms with Crippen molar-refractivity contribution >= 4 is 11.7 Å². The number of aliphatic carboxylic acids is 1. The fourth-order valence-corrected chi connectivity index (χ4v) is 2.13. The molecule has 3 N–H and O–H groups in total. The van der Waals surface area contributed by atoms with Crippen molar-refractivity contribution in [3.8, 4) is 0 Å². The van der Waals surface area contributed by atoms with Crippen molar-refractivity contribution in [1.29, 1.82) is 0 Å². The van der Waals surface area contributed by atoms with Crippen LogP contribution in [0.25, 0.3) is 0 Å². The minimum atomic E-state index is -0.731. The zero-order chi connectivity index (χ0) is 10.1. The molecule has 74 valence electrons. The van der Waals surface area contributed by atoms with Crippen LogP contribution in [0.4, 0.5) is 5.69 Å². The Balaban J connectivity index is 2.28. The van der Waals surface area contributed by atoms with Crippen molar-refractivity contribution in [1.82, 2.24) is 0 Å². The van der Waals surface area contributed by atoms with Gasteiger partial charge in [-0.1, -0.05) is 6.07 Å². The third-order valence-corrected chi connectivity index (χ3v) is 2.79. The molecular weight excluding hydrogens is 178 g/mol. The van der Waals surface area contributed by atoms with Crippen molar-refractivity contribution < 1.29 is 9.90 Å². The van der Waals surface area contributed by atoms with E-state index in [0.29, 0.717) is 0 Å². The maximum atomic E-state index is 10.6. The molecule has 1 unspecified atom stereocenters. The van der Waals surface area contributed by atoms with Crippen LogP contribution in [0.3, 0.4) is 0 Å². The van der Waals surface area contributed by atoms with Gasteiger partial charge in [-0.2, -0.15) is 0 Å². The minimum absolute atomic E-state index is 0.158. The van der Waals surface area contributed by atoms with Gasteiger partial charge < -0.3 is 10.8 Å². The predicted octanol–water partition coefficient (Wildman–Crippen LogP) is 1.77. The summed E-state index contributed by atoms with van der Waals surface area (Å²) >= 11 is 0. The molecule has 0 fully saturated rings. The number of benzene rings is 1. The number of carboxylic acids is 1. The average Bonchev–Trinajstić information content (AvgIpc) is 2.47. The summed E-state index contributed by atoms with van der Waals surface area (Å²) in [4.78, 5) is 10.6. The number of carboxylic acid groups (broad SMARTS) is 1. The average molecular weight is 191 g/mol. The Morgan fingerprint density at radius 3 is 3.07 bits per heavy atom. The van der Waals surface area contributed by atoms with Gasteiger partial charge >= 0.3 is 5.97 Å². The van der Waals surface area contributed by atoms with E-state index < -0.39 is 5.97 Å². The van der Waals surface area contributed by atoms with Crippen LogP contribution in [0.1, 0.15) is 29.9 Å². The molecule has 1 aliphatic rings. The second-order valence-corrected chi connectivity index (χ2v) is 3.79. The second-order valence-electron chi connectivity index (χ2n) is 3.79. The number of rotatable bonds is 2. The van der Waals surface area contributed by atoms with Gasteiger partial charge in [0.15, 0.2) is 0 Å². The fourth-order valence-electron chi connectivity index (χ4n) is 2.13. The molecule has 0 amide bonds. The van der Waals surface area contributed by atoms with Crippen molar-refractivity contribution in [2.45, 2.75) is 25.2 Å². The molecule has 0 bridgehead atoms. The van der Waals surface area contributed by atoms with Gasteiger partial charge in [0.05, 0.1) is 6.42 Å². The second kappa shape index (κ2) is 3.33. The number of nitrogens with two attached hydrogens (primary N) is 1. The summed E-state index contributed by atoms with van der Waals surface area (Å²) < 4.78 is 0. The predicted molar refractivity (Wildman–Crippen MR) is 54.2 cm³/mol. The number of fused-ring (bicyclic) bond motifs is 1. The van der Waals surface area contributed by atoms with Gasteiger partial charge in [-0.05, 0) is 42.0 Å². The minimum Gasteiger partial charge on any atom is -0.481 e. The molecule has 0 heterocycles. The SMILES string of the molecule is Nc1ccc2c(c1)C(CC(=O)O)CC2. The Kier molecular flexibility index (Phi) is 2.15. The molecule has 0 aliphatic heterocycles. The highest BCUT2D eigenvalue weighted by atomic mass is 16.4. The Bertz CT molecular complexity index is 374. The van der Waals surface area contributed by atoms with E-state index in [1.807, 2.05) is 18.2 Å². The molecule has 1 aromatic rings. The quantitative estimate of drug-likeness (QED) is 0.700. The van der Waals surface area contributed by atoms with Gasteiger partial charge in [-0.3, -0.25) is 4.79 Å². The zero-order valence-corrected chi connectivity index (χ0v) is 7.86. The third kappa shape index (κ3) is 1.58. The molecule has 1 aliphatic carbocycles. The standard InChI is InChI=1S/C11H13NO2/c12-9-4-3-7-1-2-8(5-11(13)14)10(7)6-9/h3-4,6,8H,1-2,5,12H2,(H,13,14). The molecule has 1 aromatic carbocycles. The van der Waals surface area contributed by atoms with Crippen molar-refractivity contribution in [3.63, 3.8) is 0 Å².